The minimum Gasteiger partial charge on any atom is -0.490 e. The largest absolute Gasteiger partial charge is 0.490 e. The van der Waals surface area contributed by atoms with Crippen LogP contribution in [0.15, 0.2) is 48.5 Å². The molecule has 0 spiro atoms. The number of pyridine rings is 1. The molecule has 1 saturated carbocycles. The Morgan fingerprint density at radius 3 is 2.47 bits per heavy atom. The van der Waals surface area contributed by atoms with Crippen molar-refractivity contribution in [2.45, 2.75) is 71.4 Å². The van der Waals surface area contributed by atoms with Gasteiger partial charge in [-0.15, -0.1) is 11.3 Å². The van der Waals surface area contributed by atoms with Gasteiger partial charge in [-0.1, -0.05) is 18.2 Å². The average Bonchev–Trinajstić information content (AvgIpc) is 3.23. The number of carbonyl (C=O) groups excluding carboxylic acids is 2. The molecule has 4 rings (SSSR count). The monoisotopic (exact) mass is 541 g/mol. The Bertz CT molecular complexity index is 1260. The second-order valence-corrected chi connectivity index (χ2v) is 11.1. The summed E-state index contributed by atoms with van der Waals surface area (Å²) < 4.78 is 33.4. The lowest BCUT2D eigenvalue weighted by atomic mass is 9.84. The van der Waals surface area contributed by atoms with E-state index in [1.807, 2.05) is 37.3 Å². The number of hydrogen-bond donors (Lipinski definition) is 2. The summed E-state index contributed by atoms with van der Waals surface area (Å²) in [6.07, 6.45) is 4.58. The van der Waals surface area contributed by atoms with E-state index in [-0.39, 0.29) is 23.6 Å². The first-order valence-electron chi connectivity index (χ1n) is 12.8. The van der Waals surface area contributed by atoms with E-state index < -0.39 is 5.92 Å². The van der Waals surface area contributed by atoms with Crippen molar-refractivity contribution in [3.05, 3.63) is 75.9 Å². The predicted octanol–water partition coefficient (Wildman–Crippen LogP) is 6.63. The normalized spacial score (nSPS) is 17.6. The van der Waals surface area contributed by atoms with Crippen molar-refractivity contribution < 1.29 is 23.1 Å². The van der Waals surface area contributed by atoms with Gasteiger partial charge in [-0.05, 0) is 86.4 Å². The molecule has 6 nitrogen and oxygen atoms in total. The van der Waals surface area contributed by atoms with Crippen LogP contribution in [0, 0.1) is 12.8 Å². The minimum atomic E-state index is -2.93. The van der Waals surface area contributed by atoms with Crippen LogP contribution in [0.5, 0.6) is 5.75 Å². The molecular formula is C29H33F2N3O3S. The number of rotatable bonds is 9. The number of halogens is 2. The van der Waals surface area contributed by atoms with Gasteiger partial charge in [0.05, 0.1) is 16.0 Å². The third kappa shape index (κ3) is 7.60. The zero-order valence-corrected chi connectivity index (χ0v) is 22.7. The number of nitrogens with one attached hydrogen (secondary N) is 2. The van der Waals surface area contributed by atoms with Crippen LogP contribution in [0.2, 0.25) is 0 Å². The lowest BCUT2D eigenvalue weighted by Crippen LogP contribution is -2.25. The van der Waals surface area contributed by atoms with E-state index in [2.05, 4.69) is 15.6 Å². The smallest absolute Gasteiger partial charge is 0.286 e. The topological polar surface area (TPSA) is 80.3 Å². The third-order valence-electron chi connectivity index (χ3n) is 6.65. The number of amides is 2. The summed E-state index contributed by atoms with van der Waals surface area (Å²) in [5.41, 5.74) is 2.33. The number of ether oxygens (including phenoxy) is 1. The van der Waals surface area contributed by atoms with Crippen LogP contribution in [0.4, 0.5) is 13.8 Å². The van der Waals surface area contributed by atoms with E-state index in [0.717, 1.165) is 55.2 Å². The first-order chi connectivity index (χ1) is 18.1. The van der Waals surface area contributed by atoms with E-state index in [1.165, 1.54) is 24.3 Å². The molecule has 1 aliphatic carbocycles. The highest BCUT2D eigenvalue weighted by Crippen LogP contribution is 2.31. The molecule has 2 heterocycles. The number of thiophene rings is 1. The van der Waals surface area contributed by atoms with E-state index >= 15 is 0 Å². The van der Waals surface area contributed by atoms with Crippen molar-refractivity contribution >= 4 is 28.2 Å². The van der Waals surface area contributed by atoms with Gasteiger partial charge in [0.15, 0.2) is 0 Å². The summed E-state index contributed by atoms with van der Waals surface area (Å²) in [6.45, 7) is 4.54. The van der Waals surface area contributed by atoms with E-state index in [9.17, 15) is 18.4 Å². The number of carbonyl (C=O) groups is 2. The SMILES string of the molecule is CC(=O)Nc1cc(C)c(C(=O)NCc2ccc(OC3CCC(Cc4cccc(C(C)(F)F)n4)CC3)cc2)s1. The maximum absolute atomic E-state index is 13.6. The molecule has 0 aliphatic heterocycles. The third-order valence-corrected chi connectivity index (χ3v) is 7.80. The molecule has 1 fully saturated rings. The van der Waals surface area contributed by atoms with Crippen LogP contribution in [0.25, 0.3) is 0 Å². The van der Waals surface area contributed by atoms with Gasteiger partial charge < -0.3 is 15.4 Å². The van der Waals surface area contributed by atoms with Gasteiger partial charge in [0.1, 0.15) is 11.4 Å². The number of nitrogens with zero attached hydrogens (tertiary/aromatic N) is 1. The van der Waals surface area contributed by atoms with Gasteiger partial charge in [0.25, 0.3) is 11.8 Å². The molecule has 2 aromatic heterocycles. The Morgan fingerprint density at radius 1 is 1.11 bits per heavy atom. The maximum atomic E-state index is 13.6. The summed E-state index contributed by atoms with van der Waals surface area (Å²) in [5, 5.41) is 6.30. The number of hydrogen-bond acceptors (Lipinski definition) is 5. The lowest BCUT2D eigenvalue weighted by Gasteiger charge is -2.29. The highest BCUT2D eigenvalue weighted by Gasteiger charge is 2.27. The highest BCUT2D eigenvalue weighted by molar-refractivity contribution is 7.18. The number of aromatic nitrogens is 1. The zero-order valence-electron chi connectivity index (χ0n) is 21.9. The molecule has 0 atom stereocenters. The van der Waals surface area contributed by atoms with Gasteiger partial charge in [0, 0.05) is 26.1 Å². The summed E-state index contributed by atoms with van der Waals surface area (Å²) in [6, 6.07) is 14.4. The quantitative estimate of drug-likeness (QED) is 0.319. The molecule has 38 heavy (non-hydrogen) atoms. The molecule has 0 saturated heterocycles. The fourth-order valence-corrected chi connectivity index (χ4v) is 5.71. The summed E-state index contributed by atoms with van der Waals surface area (Å²) >= 11 is 1.26. The van der Waals surface area contributed by atoms with Crippen molar-refractivity contribution in [2.24, 2.45) is 5.92 Å². The Kier molecular flexibility index (Phi) is 8.76. The fraction of sp³-hybridized carbons (Fsp3) is 0.414. The molecule has 0 radical (unpaired) electrons. The van der Waals surface area contributed by atoms with Crippen LogP contribution in [0.1, 0.15) is 71.7 Å². The second kappa shape index (κ2) is 12.0. The molecule has 9 heteroatoms. The first-order valence-corrected chi connectivity index (χ1v) is 13.6. The fourth-order valence-electron chi connectivity index (χ4n) is 4.67. The molecule has 1 aliphatic rings. The molecule has 2 N–H and O–H groups in total. The van der Waals surface area contributed by atoms with Crippen LogP contribution in [-0.2, 0) is 23.7 Å². The van der Waals surface area contributed by atoms with Gasteiger partial charge in [0.2, 0.25) is 5.91 Å². The summed E-state index contributed by atoms with van der Waals surface area (Å²) in [7, 11) is 0. The second-order valence-electron chi connectivity index (χ2n) is 10.00. The van der Waals surface area contributed by atoms with Crippen molar-refractivity contribution in [3.8, 4) is 5.75 Å². The van der Waals surface area contributed by atoms with Crippen LogP contribution in [0.3, 0.4) is 0 Å². The van der Waals surface area contributed by atoms with Crippen molar-refractivity contribution in [1.82, 2.24) is 10.3 Å². The molecule has 0 bridgehead atoms. The van der Waals surface area contributed by atoms with E-state index in [1.54, 1.807) is 12.1 Å². The van der Waals surface area contributed by atoms with Crippen molar-refractivity contribution in [2.75, 3.05) is 5.32 Å². The van der Waals surface area contributed by atoms with Gasteiger partial charge in [-0.25, -0.2) is 0 Å². The molecular weight excluding hydrogens is 508 g/mol. The summed E-state index contributed by atoms with van der Waals surface area (Å²) in [5.74, 6) is -2.07. The zero-order chi connectivity index (χ0) is 27.3. The van der Waals surface area contributed by atoms with Crippen molar-refractivity contribution in [3.63, 3.8) is 0 Å². The summed E-state index contributed by atoms with van der Waals surface area (Å²) in [4.78, 5) is 28.6. The van der Waals surface area contributed by atoms with Crippen LogP contribution >= 0.6 is 11.3 Å². The molecule has 0 unspecified atom stereocenters. The number of anilines is 1. The number of benzene rings is 1. The first kappa shape index (κ1) is 27.7. The Labute approximate surface area is 225 Å². The molecule has 202 valence electrons. The Morgan fingerprint density at radius 2 is 1.82 bits per heavy atom. The number of alkyl halides is 2. The number of aryl methyl sites for hydroxylation is 1. The Balaban J connectivity index is 1.22. The maximum Gasteiger partial charge on any atom is 0.286 e. The van der Waals surface area contributed by atoms with Gasteiger partial charge in [-0.3, -0.25) is 14.6 Å². The Hall–Kier alpha value is -3.33. The van der Waals surface area contributed by atoms with Gasteiger partial charge >= 0.3 is 0 Å². The standard InChI is InChI=1S/C29H33F2N3O3S/c1-18-15-26(33-19(2)35)38-27(18)28(36)32-17-21-9-13-24(14-10-21)37-23-11-7-20(8-12-23)16-22-5-4-6-25(34-22)29(3,30)31/h4-6,9-10,13-15,20,23H,7-8,11-12,16-17H2,1-3H3,(H,32,36)(H,33,35). The average molecular weight is 542 g/mol. The van der Waals surface area contributed by atoms with Crippen LogP contribution < -0.4 is 15.4 Å². The van der Waals surface area contributed by atoms with Crippen molar-refractivity contribution in [1.29, 1.82) is 0 Å². The van der Waals surface area contributed by atoms with E-state index in [0.29, 0.717) is 28.8 Å². The van der Waals surface area contributed by atoms with E-state index in [4.69, 9.17) is 4.74 Å². The van der Waals surface area contributed by atoms with Gasteiger partial charge in [-0.2, -0.15) is 8.78 Å². The lowest BCUT2D eigenvalue weighted by molar-refractivity contribution is -0.114. The molecule has 2 amide bonds. The minimum absolute atomic E-state index is 0.121. The molecule has 1 aromatic carbocycles. The predicted molar refractivity (Wildman–Crippen MR) is 145 cm³/mol. The highest BCUT2D eigenvalue weighted by atomic mass is 32.1. The molecule has 3 aromatic rings. The van der Waals surface area contributed by atoms with Crippen LogP contribution in [-0.4, -0.2) is 22.9 Å².